The standard InChI is InChI=1S/C16H22N4O/c1-10(2)8-18-14(21)9-20-16-15(11(3)19-20)13(6-7-17-16)12-4-5-12/h6-7,10,12H,4-5,8-9H2,1-3H3,(H,18,21). The number of pyridine rings is 1. The number of aromatic nitrogens is 3. The van der Waals surface area contributed by atoms with Crippen LogP contribution >= 0.6 is 0 Å². The molecule has 21 heavy (non-hydrogen) atoms. The zero-order valence-corrected chi connectivity index (χ0v) is 12.9. The van der Waals surface area contributed by atoms with Crippen LogP contribution in [0.2, 0.25) is 0 Å². The van der Waals surface area contributed by atoms with Gasteiger partial charge in [-0.1, -0.05) is 13.8 Å². The number of nitrogens with one attached hydrogen (secondary N) is 1. The lowest BCUT2D eigenvalue weighted by Gasteiger charge is -2.08. The number of carbonyl (C=O) groups is 1. The van der Waals surface area contributed by atoms with Crippen LogP contribution in [0.15, 0.2) is 12.3 Å². The molecule has 5 nitrogen and oxygen atoms in total. The molecule has 0 atom stereocenters. The zero-order valence-electron chi connectivity index (χ0n) is 12.9. The predicted molar refractivity (Wildman–Crippen MR) is 82.1 cm³/mol. The summed E-state index contributed by atoms with van der Waals surface area (Å²) < 4.78 is 1.73. The normalized spacial score (nSPS) is 14.9. The zero-order chi connectivity index (χ0) is 15.0. The lowest BCUT2D eigenvalue weighted by molar-refractivity contribution is -0.121. The van der Waals surface area contributed by atoms with E-state index in [1.54, 1.807) is 4.68 Å². The van der Waals surface area contributed by atoms with Crippen molar-refractivity contribution < 1.29 is 4.79 Å². The second kappa shape index (κ2) is 5.47. The minimum Gasteiger partial charge on any atom is -0.354 e. The van der Waals surface area contributed by atoms with Crippen molar-refractivity contribution in [2.45, 2.75) is 46.1 Å². The molecule has 2 heterocycles. The van der Waals surface area contributed by atoms with Gasteiger partial charge in [-0.25, -0.2) is 9.67 Å². The number of amides is 1. The van der Waals surface area contributed by atoms with Crippen LogP contribution in [0, 0.1) is 12.8 Å². The molecule has 2 aromatic rings. The summed E-state index contributed by atoms with van der Waals surface area (Å²) in [5.74, 6) is 1.10. The monoisotopic (exact) mass is 286 g/mol. The minimum atomic E-state index is -0.00766. The summed E-state index contributed by atoms with van der Waals surface area (Å²) in [7, 11) is 0. The van der Waals surface area contributed by atoms with Crippen molar-refractivity contribution in [2.75, 3.05) is 6.54 Å². The van der Waals surface area contributed by atoms with Crippen molar-refractivity contribution in [1.29, 1.82) is 0 Å². The molecule has 0 saturated heterocycles. The van der Waals surface area contributed by atoms with E-state index in [1.807, 2.05) is 13.1 Å². The second-order valence-electron chi connectivity index (χ2n) is 6.31. The molecule has 1 N–H and O–H groups in total. The van der Waals surface area contributed by atoms with E-state index in [-0.39, 0.29) is 12.5 Å². The molecule has 0 unspecified atom stereocenters. The molecule has 1 fully saturated rings. The van der Waals surface area contributed by atoms with Crippen LogP contribution < -0.4 is 5.32 Å². The second-order valence-corrected chi connectivity index (χ2v) is 6.31. The van der Waals surface area contributed by atoms with E-state index < -0.39 is 0 Å². The third-order valence-corrected chi connectivity index (χ3v) is 3.86. The summed E-state index contributed by atoms with van der Waals surface area (Å²) in [6.45, 7) is 7.09. The van der Waals surface area contributed by atoms with Crippen molar-refractivity contribution >= 4 is 16.9 Å². The summed E-state index contributed by atoms with van der Waals surface area (Å²) in [4.78, 5) is 16.4. The fourth-order valence-corrected chi connectivity index (χ4v) is 2.66. The average Bonchev–Trinajstić information content (AvgIpc) is 3.23. The Morgan fingerprint density at radius 2 is 2.24 bits per heavy atom. The number of nitrogens with zero attached hydrogens (tertiary/aromatic N) is 3. The van der Waals surface area contributed by atoms with E-state index >= 15 is 0 Å². The molecule has 0 aliphatic heterocycles. The highest BCUT2D eigenvalue weighted by Gasteiger charge is 2.27. The minimum absolute atomic E-state index is 0.00766. The van der Waals surface area contributed by atoms with E-state index in [1.165, 1.54) is 18.4 Å². The Labute approximate surface area is 124 Å². The number of fused-ring (bicyclic) bond motifs is 1. The van der Waals surface area contributed by atoms with Gasteiger partial charge in [-0.15, -0.1) is 0 Å². The van der Waals surface area contributed by atoms with Crippen LogP contribution in [0.1, 0.15) is 43.9 Å². The Morgan fingerprint density at radius 3 is 2.90 bits per heavy atom. The highest BCUT2D eigenvalue weighted by molar-refractivity contribution is 5.84. The van der Waals surface area contributed by atoms with E-state index in [2.05, 4.69) is 35.3 Å². The van der Waals surface area contributed by atoms with Crippen LogP contribution in [-0.2, 0) is 11.3 Å². The topological polar surface area (TPSA) is 59.8 Å². The Kier molecular flexibility index (Phi) is 3.66. The molecule has 1 amide bonds. The highest BCUT2D eigenvalue weighted by atomic mass is 16.2. The van der Waals surface area contributed by atoms with E-state index in [9.17, 15) is 4.79 Å². The van der Waals surface area contributed by atoms with Crippen molar-refractivity contribution in [1.82, 2.24) is 20.1 Å². The summed E-state index contributed by atoms with van der Waals surface area (Å²) >= 11 is 0. The van der Waals surface area contributed by atoms with Crippen LogP contribution in [-0.4, -0.2) is 27.2 Å². The number of hydrogen-bond donors (Lipinski definition) is 1. The molecule has 0 radical (unpaired) electrons. The Hall–Kier alpha value is -1.91. The van der Waals surface area contributed by atoms with Crippen LogP contribution in [0.25, 0.3) is 11.0 Å². The summed E-state index contributed by atoms with van der Waals surface area (Å²) in [6, 6.07) is 2.10. The highest BCUT2D eigenvalue weighted by Crippen LogP contribution is 2.43. The lowest BCUT2D eigenvalue weighted by atomic mass is 10.1. The van der Waals surface area contributed by atoms with Gasteiger partial charge in [-0.2, -0.15) is 5.10 Å². The maximum atomic E-state index is 12.0. The molecule has 0 bridgehead atoms. The first-order chi connectivity index (χ1) is 10.1. The quantitative estimate of drug-likeness (QED) is 0.918. The number of rotatable bonds is 5. The summed E-state index contributed by atoms with van der Waals surface area (Å²) in [6.07, 6.45) is 4.33. The van der Waals surface area contributed by atoms with Crippen molar-refractivity contribution in [3.8, 4) is 0 Å². The molecule has 0 spiro atoms. The van der Waals surface area contributed by atoms with Gasteiger partial charge in [0.25, 0.3) is 0 Å². The number of carbonyl (C=O) groups excluding carboxylic acids is 1. The number of hydrogen-bond acceptors (Lipinski definition) is 3. The molecule has 5 heteroatoms. The predicted octanol–water partition coefficient (Wildman–Crippen LogP) is 2.39. The Balaban J connectivity index is 1.86. The fraction of sp³-hybridized carbons (Fsp3) is 0.562. The molecular weight excluding hydrogens is 264 g/mol. The van der Waals surface area contributed by atoms with Gasteiger partial charge in [0.05, 0.1) is 5.69 Å². The van der Waals surface area contributed by atoms with Gasteiger partial charge in [0.15, 0.2) is 5.65 Å². The largest absolute Gasteiger partial charge is 0.354 e. The fourth-order valence-electron chi connectivity index (χ4n) is 2.66. The van der Waals surface area contributed by atoms with Crippen LogP contribution in [0.3, 0.4) is 0 Å². The van der Waals surface area contributed by atoms with Gasteiger partial charge in [0.1, 0.15) is 6.54 Å². The maximum absolute atomic E-state index is 12.0. The SMILES string of the molecule is Cc1nn(CC(=O)NCC(C)C)c2nccc(C3CC3)c12. The molecular formula is C16H22N4O. The first-order valence-corrected chi connectivity index (χ1v) is 7.65. The van der Waals surface area contributed by atoms with Crippen molar-refractivity contribution in [2.24, 2.45) is 5.92 Å². The van der Waals surface area contributed by atoms with Crippen molar-refractivity contribution in [3.05, 3.63) is 23.5 Å². The van der Waals surface area contributed by atoms with Gasteiger partial charge >= 0.3 is 0 Å². The van der Waals surface area contributed by atoms with Crippen molar-refractivity contribution in [3.63, 3.8) is 0 Å². The van der Waals surface area contributed by atoms with Gasteiger partial charge < -0.3 is 5.32 Å². The molecule has 112 valence electrons. The lowest BCUT2D eigenvalue weighted by Crippen LogP contribution is -2.31. The van der Waals surface area contributed by atoms with E-state index in [0.29, 0.717) is 18.4 Å². The summed E-state index contributed by atoms with van der Waals surface area (Å²) in [5.41, 5.74) is 3.14. The smallest absolute Gasteiger partial charge is 0.241 e. The first kappa shape index (κ1) is 14.0. The molecule has 1 aliphatic carbocycles. The Morgan fingerprint density at radius 1 is 1.48 bits per heavy atom. The maximum Gasteiger partial charge on any atom is 0.241 e. The third kappa shape index (κ3) is 2.91. The molecule has 1 aliphatic rings. The molecule has 3 rings (SSSR count). The number of aryl methyl sites for hydroxylation is 1. The molecule has 2 aromatic heterocycles. The molecule has 1 saturated carbocycles. The first-order valence-electron chi connectivity index (χ1n) is 7.65. The van der Waals surface area contributed by atoms with Crippen LogP contribution in [0.4, 0.5) is 0 Å². The van der Waals surface area contributed by atoms with Gasteiger partial charge in [-0.3, -0.25) is 4.79 Å². The van der Waals surface area contributed by atoms with Gasteiger partial charge in [0.2, 0.25) is 5.91 Å². The Bertz CT molecular complexity index is 670. The average molecular weight is 286 g/mol. The van der Waals surface area contributed by atoms with E-state index in [4.69, 9.17) is 0 Å². The molecule has 0 aromatic carbocycles. The van der Waals surface area contributed by atoms with E-state index in [0.717, 1.165) is 16.7 Å². The third-order valence-electron chi connectivity index (χ3n) is 3.86. The van der Waals surface area contributed by atoms with Gasteiger partial charge in [-0.05, 0) is 43.2 Å². The van der Waals surface area contributed by atoms with Crippen LogP contribution in [0.5, 0.6) is 0 Å². The summed E-state index contributed by atoms with van der Waals surface area (Å²) in [5, 5.41) is 8.58. The van der Waals surface area contributed by atoms with Gasteiger partial charge in [0, 0.05) is 18.1 Å².